The van der Waals surface area contributed by atoms with Gasteiger partial charge in [0.15, 0.2) is 0 Å². The molecule has 39 heavy (non-hydrogen) atoms. The summed E-state index contributed by atoms with van der Waals surface area (Å²) < 4.78 is 79.8. The molecule has 2 aromatic carbocycles. The van der Waals surface area contributed by atoms with Gasteiger partial charge in [-0.2, -0.15) is 26.3 Å². The first-order valence-electron chi connectivity index (χ1n) is 13.0. The van der Waals surface area contributed by atoms with Crippen LogP contribution in [0.2, 0.25) is 0 Å². The average molecular weight is 561 g/mol. The molecular weight excluding hydrogens is 526 g/mol. The van der Waals surface area contributed by atoms with E-state index in [0.717, 1.165) is 61.6 Å². The second-order valence-corrected chi connectivity index (χ2v) is 9.72. The average Bonchev–Trinajstić information content (AvgIpc) is 2.93. The first-order chi connectivity index (χ1) is 18.4. The number of nitrogens with zero attached hydrogens (tertiary/aromatic N) is 2. The SMILES string of the molecule is CCOC(=O)C1CCN(c2ccc(C(F)(F)F)cc2)CC1.OCC1CCN(c2ccc(C(F)(F)F)cc2)CC1. The maximum absolute atomic E-state index is 12.5. The van der Waals surface area contributed by atoms with Gasteiger partial charge in [0.1, 0.15) is 0 Å². The predicted molar refractivity (Wildman–Crippen MR) is 136 cm³/mol. The summed E-state index contributed by atoms with van der Waals surface area (Å²) in [4.78, 5) is 15.7. The summed E-state index contributed by atoms with van der Waals surface area (Å²) in [6.07, 6.45) is -5.48. The third-order valence-corrected chi connectivity index (χ3v) is 7.11. The van der Waals surface area contributed by atoms with Crippen LogP contribution in [0.15, 0.2) is 48.5 Å². The van der Waals surface area contributed by atoms with Gasteiger partial charge in [-0.25, -0.2) is 0 Å². The van der Waals surface area contributed by atoms with E-state index in [4.69, 9.17) is 9.84 Å². The van der Waals surface area contributed by atoms with Crippen molar-refractivity contribution in [2.45, 2.75) is 45.0 Å². The topological polar surface area (TPSA) is 53.0 Å². The monoisotopic (exact) mass is 560 g/mol. The Kier molecular flexibility index (Phi) is 10.5. The number of halogens is 6. The van der Waals surface area contributed by atoms with Gasteiger partial charge in [-0.05, 0) is 87.1 Å². The number of piperidine rings is 2. The number of alkyl halides is 6. The number of hydrogen-bond donors (Lipinski definition) is 1. The van der Waals surface area contributed by atoms with E-state index in [9.17, 15) is 31.1 Å². The van der Waals surface area contributed by atoms with Crippen LogP contribution in [0.3, 0.4) is 0 Å². The molecule has 2 aliphatic rings. The zero-order valence-electron chi connectivity index (χ0n) is 21.8. The van der Waals surface area contributed by atoms with Gasteiger partial charge in [0.25, 0.3) is 0 Å². The van der Waals surface area contributed by atoms with Gasteiger partial charge >= 0.3 is 18.3 Å². The van der Waals surface area contributed by atoms with Crippen LogP contribution >= 0.6 is 0 Å². The largest absolute Gasteiger partial charge is 0.466 e. The van der Waals surface area contributed by atoms with Crippen molar-refractivity contribution < 1.29 is 41.0 Å². The minimum absolute atomic E-state index is 0.101. The van der Waals surface area contributed by atoms with Crippen molar-refractivity contribution in [2.24, 2.45) is 11.8 Å². The Hall–Kier alpha value is -2.95. The molecule has 11 heteroatoms. The van der Waals surface area contributed by atoms with E-state index in [1.54, 1.807) is 6.92 Å². The molecule has 216 valence electrons. The molecule has 0 amide bonds. The van der Waals surface area contributed by atoms with E-state index in [-0.39, 0.29) is 18.5 Å². The maximum Gasteiger partial charge on any atom is 0.416 e. The molecule has 2 fully saturated rings. The Morgan fingerprint density at radius 1 is 0.769 bits per heavy atom. The highest BCUT2D eigenvalue weighted by molar-refractivity contribution is 5.72. The minimum atomic E-state index is -4.31. The molecule has 1 N–H and O–H groups in total. The lowest BCUT2D eigenvalue weighted by molar-refractivity contribution is -0.148. The lowest BCUT2D eigenvalue weighted by atomic mass is 9.96. The van der Waals surface area contributed by atoms with Gasteiger partial charge < -0.3 is 19.6 Å². The molecule has 4 rings (SSSR count). The number of aliphatic hydroxyl groups is 1. The van der Waals surface area contributed by atoms with Gasteiger partial charge in [-0.1, -0.05) is 0 Å². The first kappa shape index (κ1) is 30.6. The molecule has 5 nitrogen and oxygen atoms in total. The molecule has 2 aliphatic heterocycles. The molecule has 2 aromatic rings. The molecule has 2 heterocycles. The van der Waals surface area contributed by atoms with E-state index in [0.29, 0.717) is 38.5 Å². The van der Waals surface area contributed by atoms with Crippen LogP contribution in [0.1, 0.15) is 43.7 Å². The van der Waals surface area contributed by atoms with E-state index in [2.05, 4.69) is 4.90 Å². The summed E-state index contributed by atoms with van der Waals surface area (Å²) >= 11 is 0. The van der Waals surface area contributed by atoms with Crippen LogP contribution in [-0.2, 0) is 21.9 Å². The van der Waals surface area contributed by atoms with Crippen molar-refractivity contribution in [1.29, 1.82) is 0 Å². The quantitative estimate of drug-likeness (QED) is 0.339. The number of aliphatic hydroxyl groups excluding tert-OH is 1. The van der Waals surface area contributed by atoms with Crippen molar-refractivity contribution in [2.75, 3.05) is 49.2 Å². The van der Waals surface area contributed by atoms with Crippen LogP contribution in [0.4, 0.5) is 37.7 Å². The van der Waals surface area contributed by atoms with Crippen LogP contribution in [0.25, 0.3) is 0 Å². The standard InChI is InChI=1S/C15H18F3NO2.C13H16F3NO/c1-2-21-14(20)11-7-9-19(10-8-11)13-5-3-12(4-6-13)15(16,17)18;14-13(15,16)11-1-3-12(4-2-11)17-7-5-10(9-18)6-8-17/h3-6,11H,2,7-10H2,1H3;1-4,10,18H,5-9H2. The summed E-state index contributed by atoms with van der Waals surface area (Å²) in [6, 6.07) is 10.4. The van der Waals surface area contributed by atoms with Gasteiger partial charge in [0, 0.05) is 44.2 Å². The summed E-state index contributed by atoms with van der Waals surface area (Å²) in [5.74, 6) is 0.0518. The number of hydrogen-bond acceptors (Lipinski definition) is 5. The number of carbonyl (C=O) groups is 1. The Balaban J connectivity index is 0.000000218. The minimum Gasteiger partial charge on any atom is -0.466 e. The van der Waals surface area contributed by atoms with Crippen LogP contribution in [0, 0.1) is 11.8 Å². The number of esters is 1. The molecule has 0 bridgehead atoms. The number of anilines is 2. The summed E-state index contributed by atoms with van der Waals surface area (Å²) in [5, 5.41) is 9.03. The van der Waals surface area contributed by atoms with Gasteiger partial charge in [0.2, 0.25) is 0 Å². The van der Waals surface area contributed by atoms with Crippen molar-refractivity contribution >= 4 is 17.3 Å². The fourth-order valence-corrected chi connectivity index (χ4v) is 4.73. The highest BCUT2D eigenvalue weighted by atomic mass is 19.4. The van der Waals surface area contributed by atoms with Crippen molar-refractivity contribution in [1.82, 2.24) is 0 Å². The molecule has 0 aromatic heterocycles. The summed E-state index contributed by atoms with van der Waals surface area (Å²) in [5.41, 5.74) is 0.314. The Morgan fingerprint density at radius 2 is 1.15 bits per heavy atom. The van der Waals surface area contributed by atoms with E-state index < -0.39 is 23.5 Å². The lowest BCUT2D eigenvalue weighted by Gasteiger charge is -2.33. The molecule has 0 atom stereocenters. The second-order valence-electron chi connectivity index (χ2n) is 9.72. The normalized spacial score (nSPS) is 17.4. The van der Waals surface area contributed by atoms with Crippen molar-refractivity contribution in [3.05, 3.63) is 59.7 Å². The molecular formula is C28H34F6N2O3. The highest BCUT2D eigenvalue weighted by Gasteiger charge is 2.32. The second kappa shape index (κ2) is 13.4. The summed E-state index contributed by atoms with van der Waals surface area (Å²) in [7, 11) is 0. The number of benzene rings is 2. The van der Waals surface area contributed by atoms with Gasteiger partial charge in [0.05, 0.1) is 23.7 Å². The smallest absolute Gasteiger partial charge is 0.416 e. The van der Waals surface area contributed by atoms with Gasteiger partial charge in [-0.15, -0.1) is 0 Å². The molecule has 0 unspecified atom stereocenters. The van der Waals surface area contributed by atoms with Crippen molar-refractivity contribution in [3.63, 3.8) is 0 Å². The molecule has 0 spiro atoms. The molecule has 0 radical (unpaired) electrons. The zero-order valence-corrected chi connectivity index (χ0v) is 21.8. The van der Waals surface area contributed by atoms with Crippen LogP contribution in [-0.4, -0.2) is 50.5 Å². The molecule has 2 saturated heterocycles. The Labute approximate surface area is 224 Å². The fourth-order valence-electron chi connectivity index (χ4n) is 4.73. The van der Waals surface area contributed by atoms with E-state index in [1.165, 1.54) is 24.3 Å². The fraction of sp³-hybridized carbons (Fsp3) is 0.536. The zero-order chi connectivity index (χ0) is 28.6. The third kappa shape index (κ3) is 8.78. The van der Waals surface area contributed by atoms with Crippen LogP contribution in [0.5, 0.6) is 0 Å². The molecule has 0 aliphatic carbocycles. The molecule has 0 saturated carbocycles. The summed E-state index contributed by atoms with van der Waals surface area (Å²) in [6.45, 7) is 5.21. The Morgan fingerprint density at radius 3 is 1.49 bits per heavy atom. The van der Waals surface area contributed by atoms with E-state index >= 15 is 0 Å². The third-order valence-electron chi connectivity index (χ3n) is 7.11. The predicted octanol–water partition coefficient (Wildman–Crippen LogP) is 6.40. The lowest BCUT2D eigenvalue weighted by Crippen LogP contribution is -2.37. The number of rotatable bonds is 5. The number of carbonyl (C=O) groups excluding carboxylic acids is 1. The number of ether oxygens (including phenoxy) is 1. The maximum atomic E-state index is 12.5. The first-order valence-corrected chi connectivity index (χ1v) is 13.0. The van der Waals surface area contributed by atoms with Crippen LogP contribution < -0.4 is 9.80 Å². The highest BCUT2D eigenvalue weighted by Crippen LogP contribution is 2.33. The van der Waals surface area contributed by atoms with E-state index in [1.807, 2.05) is 4.90 Å². The van der Waals surface area contributed by atoms with Gasteiger partial charge in [-0.3, -0.25) is 4.79 Å². The Bertz CT molecular complexity index is 1030. The van der Waals surface area contributed by atoms with Crippen molar-refractivity contribution in [3.8, 4) is 0 Å².